The maximum Gasteiger partial charge on any atom is 0.127 e. The molecule has 5 rings (SSSR count). The van der Waals surface area contributed by atoms with Gasteiger partial charge in [-0.05, 0) is 35.8 Å². The molecule has 0 saturated carbocycles. The minimum absolute atomic E-state index is 0.0160. The number of nitrogens with zero attached hydrogens (tertiary/aromatic N) is 1. The van der Waals surface area contributed by atoms with Crippen LogP contribution in [0, 0.1) is 0 Å². The molecule has 3 aromatic carbocycles. The van der Waals surface area contributed by atoms with Gasteiger partial charge in [-0.25, -0.2) is 0 Å². The summed E-state index contributed by atoms with van der Waals surface area (Å²) >= 11 is 0. The van der Waals surface area contributed by atoms with E-state index in [1.807, 2.05) is 30.3 Å². The Morgan fingerprint density at radius 2 is 1.65 bits per heavy atom. The highest BCUT2D eigenvalue weighted by Gasteiger charge is 2.42. The van der Waals surface area contributed by atoms with Crippen molar-refractivity contribution < 1.29 is 9.47 Å². The third-order valence-corrected chi connectivity index (χ3v) is 6.02. The maximum atomic E-state index is 6.11. The highest BCUT2D eigenvalue weighted by atomic mass is 16.5. The van der Waals surface area contributed by atoms with Gasteiger partial charge in [0.15, 0.2) is 0 Å². The van der Waals surface area contributed by atoms with Gasteiger partial charge in [0.25, 0.3) is 0 Å². The second-order valence-corrected chi connectivity index (χ2v) is 8.11. The predicted octanol–water partition coefficient (Wildman–Crippen LogP) is 5.14. The van der Waals surface area contributed by atoms with Crippen LogP contribution in [0.25, 0.3) is 5.57 Å². The molecule has 4 heteroatoms. The van der Waals surface area contributed by atoms with Gasteiger partial charge in [0.1, 0.15) is 30.8 Å². The lowest BCUT2D eigenvalue weighted by molar-refractivity contribution is 0.205. The van der Waals surface area contributed by atoms with Crippen molar-refractivity contribution in [3.8, 4) is 5.75 Å². The van der Waals surface area contributed by atoms with E-state index < -0.39 is 0 Å². The van der Waals surface area contributed by atoms with Gasteiger partial charge in [0.2, 0.25) is 0 Å². The number of para-hydroxylation sites is 1. The highest BCUT2D eigenvalue weighted by Crippen LogP contribution is 2.41. The minimum Gasteiger partial charge on any atom is -0.489 e. The van der Waals surface area contributed by atoms with E-state index in [4.69, 9.17) is 14.5 Å². The number of nitrogens with one attached hydrogen (secondary N) is 1. The lowest BCUT2D eigenvalue weighted by atomic mass is 9.82. The molecule has 0 bridgehead atoms. The van der Waals surface area contributed by atoms with Gasteiger partial charge < -0.3 is 14.8 Å². The van der Waals surface area contributed by atoms with Crippen LogP contribution >= 0.6 is 0 Å². The van der Waals surface area contributed by atoms with Crippen LogP contribution in [0.15, 0.2) is 96.0 Å². The first kappa shape index (κ1) is 19.6. The number of hydrogen-bond acceptors (Lipinski definition) is 4. The van der Waals surface area contributed by atoms with Crippen molar-refractivity contribution in [2.45, 2.75) is 18.5 Å². The second kappa shape index (κ2) is 8.40. The Hall–Kier alpha value is -3.37. The van der Waals surface area contributed by atoms with Crippen molar-refractivity contribution in [3.63, 3.8) is 0 Å². The molecule has 0 amide bonds. The van der Waals surface area contributed by atoms with Crippen molar-refractivity contribution in [2.75, 3.05) is 19.8 Å². The molecule has 0 aliphatic carbocycles. The molecule has 0 spiro atoms. The lowest BCUT2D eigenvalue weighted by Gasteiger charge is -2.32. The van der Waals surface area contributed by atoms with E-state index in [9.17, 15) is 0 Å². The van der Waals surface area contributed by atoms with Crippen molar-refractivity contribution in [2.24, 2.45) is 4.99 Å². The Morgan fingerprint density at radius 3 is 2.45 bits per heavy atom. The predicted molar refractivity (Wildman–Crippen MR) is 124 cm³/mol. The first-order valence-corrected chi connectivity index (χ1v) is 10.7. The fraction of sp³-hybridized carbons (Fsp3) is 0.222. The summed E-state index contributed by atoms with van der Waals surface area (Å²) in [5.41, 5.74) is 4.34. The summed E-state index contributed by atoms with van der Waals surface area (Å²) in [6.07, 6.45) is 2.09. The second-order valence-electron chi connectivity index (χ2n) is 8.11. The van der Waals surface area contributed by atoms with Gasteiger partial charge >= 0.3 is 0 Å². The van der Waals surface area contributed by atoms with Crippen LogP contribution in [0.5, 0.6) is 5.75 Å². The van der Waals surface area contributed by atoms with E-state index in [-0.39, 0.29) is 11.6 Å². The largest absolute Gasteiger partial charge is 0.489 e. The Labute approximate surface area is 183 Å². The van der Waals surface area contributed by atoms with Gasteiger partial charge in [-0.2, -0.15) is 0 Å². The molecule has 2 atom stereocenters. The molecule has 31 heavy (non-hydrogen) atoms. The maximum absolute atomic E-state index is 6.11. The summed E-state index contributed by atoms with van der Waals surface area (Å²) in [6, 6.07) is 29.1. The van der Waals surface area contributed by atoms with Gasteiger partial charge in [-0.15, -0.1) is 0 Å². The summed E-state index contributed by atoms with van der Waals surface area (Å²) in [6.45, 7) is 3.76. The third kappa shape index (κ3) is 3.87. The standard InChI is InChI=1S/C27H26N2O2/c1-27(22-12-6-3-7-13-22)26(20-10-4-2-5-11-20)28-25(29-27)19-30-18-21-16-17-31-24-15-9-8-14-23(21)24/h2-16,26H,17-19H2,1H3,(H,28,29)/t26-,27+/m0/s1. The highest BCUT2D eigenvalue weighted by molar-refractivity contribution is 5.87. The van der Waals surface area contributed by atoms with Crippen molar-refractivity contribution in [1.82, 2.24) is 5.32 Å². The lowest BCUT2D eigenvalue weighted by Crippen LogP contribution is -2.42. The molecule has 2 aliphatic rings. The molecule has 2 aliphatic heterocycles. The van der Waals surface area contributed by atoms with Crippen LogP contribution in [-0.2, 0) is 10.3 Å². The fourth-order valence-corrected chi connectivity index (χ4v) is 4.41. The van der Waals surface area contributed by atoms with Crippen LogP contribution in [0.1, 0.15) is 29.7 Å². The van der Waals surface area contributed by atoms with Crippen LogP contribution in [0.2, 0.25) is 0 Å². The van der Waals surface area contributed by atoms with Crippen LogP contribution in [-0.4, -0.2) is 25.7 Å². The average Bonchev–Trinajstić information content (AvgIpc) is 3.18. The molecule has 0 aromatic heterocycles. The Bertz CT molecular complexity index is 1110. The van der Waals surface area contributed by atoms with E-state index in [1.54, 1.807) is 0 Å². The van der Waals surface area contributed by atoms with Crippen LogP contribution in [0.3, 0.4) is 0 Å². The molecule has 0 saturated heterocycles. The molecule has 1 N–H and O–H groups in total. The third-order valence-electron chi connectivity index (χ3n) is 6.02. The van der Waals surface area contributed by atoms with Gasteiger partial charge in [-0.3, -0.25) is 4.99 Å². The van der Waals surface area contributed by atoms with E-state index >= 15 is 0 Å². The Morgan fingerprint density at radius 1 is 0.935 bits per heavy atom. The first-order valence-electron chi connectivity index (χ1n) is 10.7. The van der Waals surface area contributed by atoms with Gasteiger partial charge in [0, 0.05) is 5.56 Å². The molecule has 0 radical (unpaired) electrons. The van der Waals surface area contributed by atoms with Gasteiger partial charge in [-0.1, -0.05) is 78.9 Å². The molecule has 2 heterocycles. The quantitative estimate of drug-likeness (QED) is 0.612. The summed E-state index contributed by atoms with van der Waals surface area (Å²) in [4.78, 5) is 5.05. The zero-order valence-corrected chi connectivity index (χ0v) is 17.6. The molecule has 4 nitrogen and oxygen atoms in total. The first-order chi connectivity index (χ1) is 15.2. The molecule has 3 aromatic rings. The number of ether oxygens (including phenoxy) is 2. The average molecular weight is 411 g/mol. The summed E-state index contributed by atoms with van der Waals surface area (Å²) < 4.78 is 11.8. The van der Waals surface area contributed by atoms with E-state index in [0.717, 1.165) is 22.7 Å². The van der Waals surface area contributed by atoms with E-state index in [0.29, 0.717) is 19.8 Å². The summed E-state index contributed by atoms with van der Waals surface area (Å²) in [5, 5.41) is 3.67. The zero-order valence-electron chi connectivity index (χ0n) is 17.6. The summed E-state index contributed by atoms with van der Waals surface area (Å²) in [5.74, 6) is 1.79. The Balaban J connectivity index is 1.34. The fourth-order valence-electron chi connectivity index (χ4n) is 4.41. The molecular formula is C27H26N2O2. The smallest absolute Gasteiger partial charge is 0.127 e. The topological polar surface area (TPSA) is 42.8 Å². The van der Waals surface area contributed by atoms with Crippen LogP contribution in [0.4, 0.5) is 0 Å². The number of rotatable bonds is 6. The molecule has 0 unspecified atom stereocenters. The summed E-state index contributed by atoms with van der Waals surface area (Å²) in [7, 11) is 0. The number of hydrogen-bond donors (Lipinski definition) is 1. The van der Waals surface area contributed by atoms with Crippen molar-refractivity contribution in [3.05, 3.63) is 108 Å². The van der Waals surface area contributed by atoms with E-state index in [2.05, 4.69) is 72.9 Å². The van der Waals surface area contributed by atoms with Crippen molar-refractivity contribution >= 4 is 11.4 Å². The number of amidine groups is 1. The minimum atomic E-state index is -0.328. The Kier molecular flexibility index (Phi) is 5.31. The normalized spacial score (nSPS) is 22.0. The molecular weight excluding hydrogens is 384 g/mol. The number of fused-ring (bicyclic) bond motifs is 1. The monoisotopic (exact) mass is 410 g/mol. The van der Waals surface area contributed by atoms with E-state index in [1.165, 1.54) is 11.1 Å². The van der Waals surface area contributed by atoms with Crippen molar-refractivity contribution in [1.29, 1.82) is 0 Å². The molecule has 156 valence electrons. The van der Waals surface area contributed by atoms with Crippen LogP contribution < -0.4 is 10.1 Å². The zero-order chi connectivity index (χ0) is 21.1. The number of benzene rings is 3. The van der Waals surface area contributed by atoms with Gasteiger partial charge in [0.05, 0.1) is 12.1 Å². The SMILES string of the molecule is C[C@]1(c2ccccc2)NC(COCC2=CCOc3ccccc32)=N[C@H]1c1ccccc1. The molecule has 0 fully saturated rings. The number of aliphatic imine (C=N–C) groups is 1.